The van der Waals surface area contributed by atoms with E-state index in [9.17, 15) is 0 Å². The number of fused-ring (bicyclic) bond motifs is 1. The van der Waals surface area contributed by atoms with E-state index in [0.29, 0.717) is 5.41 Å². The number of aryl methyl sites for hydroxylation is 1. The van der Waals surface area contributed by atoms with E-state index >= 15 is 0 Å². The molecule has 0 bridgehead atoms. The van der Waals surface area contributed by atoms with Crippen LogP contribution in [0, 0.1) is 5.41 Å². The lowest BCUT2D eigenvalue weighted by molar-refractivity contribution is 0.412. The van der Waals surface area contributed by atoms with Crippen molar-refractivity contribution in [3.05, 3.63) is 47.2 Å². The highest BCUT2D eigenvalue weighted by molar-refractivity contribution is 6.89. The fourth-order valence-corrected chi connectivity index (χ4v) is 5.63. The molecule has 1 aromatic carbocycles. The highest BCUT2D eigenvalue weighted by Gasteiger charge is 2.25. The van der Waals surface area contributed by atoms with Crippen LogP contribution in [0.1, 0.15) is 50.3 Å². The van der Waals surface area contributed by atoms with Crippen LogP contribution in [-0.4, -0.2) is 13.1 Å². The van der Waals surface area contributed by atoms with E-state index in [1.165, 1.54) is 53.3 Å². The number of hydrogen-bond acceptors (Lipinski definition) is 1. The quantitative estimate of drug-likeness (QED) is 0.641. The van der Waals surface area contributed by atoms with E-state index in [1.54, 1.807) is 5.56 Å². The smallest absolute Gasteiger partial charge is 0.0799 e. The Morgan fingerprint density at radius 1 is 1.04 bits per heavy atom. The molecule has 1 aliphatic rings. The summed E-state index contributed by atoms with van der Waals surface area (Å²) in [6.07, 6.45) is 8.39. The molecule has 0 fully saturated rings. The normalized spacial score (nSPS) is 15.1. The maximum atomic E-state index is 4.95. The molecule has 2 aromatic rings. The SMILES string of the molecule is CC(C)(C)Cc1cc(-c2cccc3c2CCCC3)ncc1[Si](C)(C)C. The van der Waals surface area contributed by atoms with Gasteiger partial charge in [0.15, 0.2) is 0 Å². The van der Waals surface area contributed by atoms with E-state index in [0.717, 1.165) is 6.42 Å². The Kier molecular flexibility index (Phi) is 4.94. The molecule has 1 heterocycles. The molecule has 0 radical (unpaired) electrons. The van der Waals surface area contributed by atoms with Crippen LogP contribution in [-0.2, 0) is 19.3 Å². The van der Waals surface area contributed by atoms with Gasteiger partial charge in [0.1, 0.15) is 0 Å². The maximum Gasteiger partial charge on any atom is 0.0799 e. The first-order valence-corrected chi connectivity index (χ1v) is 13.3. The Balaban J connectivity index is 2.11. The third-order valence-corrected chi connectivity index (χ3v) is 7.26. The third-order valence-electron chi connectivity index (χ3n) is 5.19. The number of nitrogens with zero attached hydrogens (tertiary/aromatic N) is 1. The Labute approximate surface area is 154 Å². The van der Waals surface area contributed by atoms with Crippen LogP contribution in [0.3, 0.4) is 0 Å². The van der Waals surface area contributed by atoms with Crippen LogP contribution in [0.25, 0.3) is 11.3 Å². The summed E-state index contributed by atoms with van der Waals surface area (Å²) in [5.41, 5.74) is 7.45. The topological polar surface area (TPSA) is 12.9 Å². The van der Waals surface area contributed by atoms with Gasteiger partial charge < -0.3 is 0 Å². The zero-order valence-electron chi connectivity index (χ0n) is 16.9. The van der Waals surface area contributed by atoms with Gasteiger partial charge in [0.05, 0.1) is 13.8 Å². The molecular formula is C23H33NSi. The monoisotopic (exact) mass is 351 g/mol. The molecule has 0 unspecified atom stereocenters. The molecule has 0 N–H and O–H groups in total. The molecule has 3 rings (SSSR count). The Hall–Kier alpha value is -1.41. The van der Waals surface area contributed by atoms with Crippen LogP contribution in [0.5, 0.6) is 0 Å². The lowest BCUT2D eigenvalue weighted by Crippen LogP contribution is -2.41. The van der Waals surface area contributed by atoms with Crippen molar-refractivity contribution in [3.8, 4) is 11.3 Å². The number of aromatic nitrogens is 1. The van der Waals surface area contributed by atoms with Gasteiger partial charge in [-0.3, -0.25) is 4.98 Å². The van der Waals surface area contributed by atoms with Gasteiger partial charge in [0.25, 0.3) is 0 Å². The Morgan fingerprint density at radius 2 is 1.76 bits per heavy atom. The highest BCUT2D eigenvalue weighted by Crippen LogP contribution is 2.32. The van der Waals surface area contributed by atoms with Gasteiger partial charge in [-0.2, -0.15) is 0 Å². The maximum absolute atomic E-state index is 4.95. The van der Waals surface area contributed by atoms with Gasteiger partial charge in [-0.25, -0.2) is 0 Å². The number of rotatable bonds is 3. The molecule has 25 heavy (non-hydrogen) atoms. The Bertz CT molecular complexity index is 763. The minimum atomic E-state index is -1.39. The predicted molar refractivity (Wildman–Crippen MR) is 112 cm³/mol. The van der Waals surface area contributed by atoms with E-state index in [1.807, 2.05) is 0 Å². The third kappa shape index (κ3) is 4.23. The number of benzene rings is 1. The highest BCUT2D eigenvalue weighted by atomic mass is 28.3. The van der Waals surface area contributed by atoms with Crippen LogP contribution < -0.4 is 5.19 Å². The second-order valence-electron chi connectivity index (χ2n) is 9.86. The van der Waals surface area contributed by atoms with Crippen LogP contribution in [0.4, 0.5) is 0 Å². The van der Waals surface area contributed by atoms with Gasteiger partial charge in [-0.1, -0.05) is 58.6 Å². The second-order valence-corrected chi connectivity index (χ2v) is 14.9. The van der Waals surface area contributed by atoms with Gasteiger partial charge >= 0.3 is 0 Å². The van der Waals surface area contributed by atoms with E-state index in [4.69, 9.17) is 4.98 Å². The molecule has 0 saturated heterocycles. The summed E-state index contributed by atoms with van der Waals surface area (Å²) in [5, 5.41) is 1.52. The average molecular weight is 352 g/mol. The summed E-state index contributed by atoms with van der Waals surface area (Å²) < 4.78 is 0. The lowest BCUT2D eigenvalue weighted by Gasteiger charge is -2.26. The first-order valence-electron chi connectivity index (χ1n) is 9.76. The van der Waals surface area contributed by atoms with E-state index in [-0.39, 0.29) is 0 Å². The lowest BCUT2D eigenvalue weighted by atomic mass is 9.85. The average Bonchev–Trinajstić information content (AvgIpc) is 2.51. The van der Waals surface area contributed by atoms with Gasteiger partial charge in [0.2, 0.25) is 0 Å². The van der Waals surface area contributed by atoms with Crippen molar-refractivity contribution in [1.29, 1.82) is 0 Å². The number of pyridine rings is 1. The van der Waals surface area contributed by atoms with Crippen LogP contribution in [0.2, 0.25) is 19.6 Å². The second kappa shape index (κ2) is 6.72. The molecule has 0 amide bonds. The Morgan fingerprint density at radius 3 is 2.44 bits per heavy atom. The molecule has 0 atom stereocenters. The zero-order valence-corrected chi connectivity index (χ0v) is 17.9. The van der Waals surface area contributed by atoms with E-state index < -0.39 is 8.07 Å². The van der Waals surface area contributed by atoms with E-state index in [2.05, 4.69) is 70.9 Å². The number of hydrogen-bond donors (Lipinski definition) is 0. The van der Waals surface area contributed by atoms with Crippen LogP contribution >= 0.6 is 0 Å². The molecule has 2 heteroatoms. The molecule has 1 nitrogen and oxygen atoms in total. The van der Waals surface area contributed by atoms with Crippen molar-refractivity contribution >= 4 is 13.3 Å². The molecule has 134 valence electrons. The molecule has 1 aromatic heterocycles. The summed E-state index contributed by atoms with van der Waals surface area (Å²) in [6.45, 7) is 14.3. The standard InChI is InChI=1S/C23H33NSi/c1-23(2,3)15-18-14-21(24-16-22(18)25(4,5)6)20-13-9-11-17-10-7-8-12-19(17)20/h9,11,13-14,16H,7-8,10,12,15H2,1-6H3. The summed E-state index contributed by atoms with van der Waals surface area (Å²) in [4.78, 5) is 4.95. The van der Waals surface area contributed by atoms with Gasteiger partial charge in [-0.05, 0) is 65.5 Å². The van der Waals surface area contributed by atoms with Crippen LogP contribution in [0.15, 0.2) is 30.5 Å². The van der Waals surface area contributed by atoms with Crippen molar-refractivity contribution < 1.29 is 0 Å². The van der Waals surface area contributed by atoms with Crippen molar-refractivity contribution in [3.63, 3.8) is 0 Å². The summed E-state index contributed by atoms with van der Waals surface area (Å²) in [6, 6.07) is 9.21. The summed E-state index contributed by atoms with van der Waals surface area (Å²) in [5.74, 6) is 0. The molecule has 0 spiro atoms. The fraction of sp³-hybridized carbons (Fsp3) is 0.522. The van der Waals surface area contributed by atoms with Crippen molar-refractivity contribution in [2.75, 3.05) is 0 Å². The van der Waals surface area contributed by atoms with Crippen molar-refractivity contribution in [2.24, 2.45) is 5.41 Å². The molecule has 0 aliphatic heterocycles. The molecule has 1 aliphatic carbocycles. The fourth-order valence-electron chi connectivity index (χ4n) is 4.06. The minimum absolute atomic E-state index is 0.295. The predicted octanol–water partition coefficient (Wildman–Crippen LogP) is 5.76. The van der Waals surface area contributed by atoms with Gasteiger partial charge in [0, 0.05) is 11.8 Å². The van der Waals surface area contributed by atoms with Crippen molar-refractivity contribution in [2.45, 2.75) is 72.5 Å². The zero-order chi connectivity index (χ0) is 18.2. The summed E-state index contributed by atoms with van der Waals surface area (Å²) in [7, 11) is -1.39. The summed E-state index contributed by atoms with van der Waals surface area (Å²) >= 11 is 0. The first kappa shape index (κ1) is 18.4. The van der Waals surface area contributed by atoms with Crippen molar-refractivity contribution in [1.82, 2.24) is 4.98 Å². The largest absolute Gasteiger partial charge is 0.256 e. The molecular weight excluding hydrogens is 318 g/mol. The first-order chi connectivity index (χ1) is 11.6. The molecule has 0 saturated carbocycles. The van der Waals surface area contributed by atoms with Gasteiger partial charge in [-0.15, -0.1) is 0 Å². The minimum Gasteiger partial charge on any atom is -0.256 e.